The van der Waals surface area contributed by atoms with E-state index in [1.54, 1.807) is 12.1 Å². The highest BCUT2D eigenvalue weighted by molar-refractivity contribution is 7.89. The Hall–Kier alpha value is -2.47. The number of piperidine rings is 1. The van der Waals surface area contributed by atoms with Gasteiger partial charge >= 0.3 is 0 Å². The lowest BCUT2D eigenvalue weighted by Crippen LogP contribution is -2.73. The Bertz CT molecular complexity index is 1430. The van der Waals surface area contributed by atoms with E-state index in [9.17, 15) is 18.0 Å². The summed E-state index contributed by atoms with van der Waals surface area (Å²) in [6.07, 6.45) is 8.55. The number of aromatic amines is 1. The Labute approximate surface area is 281 Å². The molecule has 1 aromatic heterocycles. The van der Waals surface area contributed by atoms with Gasteiger partial charge in [0.05, 0.1) is 16.6 Å². The van der Waals surface area contributed by atoms with Crippen LogP contribution in [-0.2, 0) is 19.6 Å². The number of unbranched alkanes of at least 4 members (excludes halogenated alkanes) is 1. The number of rotatable bonds is 11. The second kappa shape index (κ2) is 15.2. The molecular formula is C34H53ClN6O4S. The molecule has 5 rings (SSSR count). The van der Waals surface area contributed by atoms with E-state index in [1.807, 2.05) is 30.9 Å². The highest BCUT2D eigenvalue weighted by Gasteiger charge is 2.54. The summed E-state index contributed by atoms with van der Waals surface area (Å²) in [5, 5.41) is 10.7. The van der Waals surface area contributed by atoms with Gasteiger partial charge in [-0.3, -0.25) is 19.6 Å². The minimum Gasteiger partial charge on any atom is -0.342 e. The van der Waals surface area contributed by atoms with Crippen LogP contribution in [0.3, 0.4) is 0 Å². The summed E-state index contributed by atoms with van der Waals surface area (Å²) >= 11 is 0. The molecule has 1 aromatic carbocycles. The summed E-state index contributed by atoms with van der Waals surface area (Å²) in [6, 6.07) is 6.59. The molecule has 2 atom stereocenters. The third kappa shape index (κ3) is 7.48. The van der Waals surface area contributed by atoms with Crippen molar-refractivity contribution in [2.45, 2.75) is 127 Å². The molecule has 256 valence electrons. The van der Waals surface area contributed by atoms with Crippen LogP contribution in [0.4, 0.5) is 0 Å². The summed E-state index contributed by atoms with van der Waals surface area (Å²) in [5.41, 5.74) is 3.02. The number of likely N-dealkylation sites (tertiary alicyclic amines) is 1. The van der Waals surface area contributed by atoms with Gasteiger partial charge in [0.2, 0.25) is 21.8 Å². The molecule has 1 aliphatic carbocycles. The van der Waals surface area contributed by atoms with Gasteiger partial charge < -0.3 is 10.2 Å². The van der Waals surface area contributed by atoms with Crippen molar-refractivity contribution in [1.82, 2.24) is 30.0 Å². The highest BCUT2D eigenvalue weighted by atomic mass is 35.5. The third-order valence-electron chi connectivity index (χ3n) is 10.1. The van der Waals surface area contributed by atoms with Crippen LogP contribution >= 0.6 is 12.4 Å². The monoisotopic (exact) mass is 676 g/mol. The molecule has 3 aliphatic rings. The predicted octanol–water partition coefficient (Wildman–Crippen LogP) is 5.16. The first-order valence-electron chi connectivity index (χ1n) is 17.0. The number of hydrogen-bond donors (Lipinski definition) is 3. The summed E-state index contributed by atoms with van der Waals surface area (Å²) in [4.78, 5) is 32.1. The minimum atomic E-state index is -3.62. The van der Waals surface area contributed by atoms with Gasteiger partial charge in [-0.05, 0) is 76.0 Å². The van der Waals surface area contributed by atoms with E-state index in [-0.39, 0.29) is 41.2 Å². The Morgan fingerprint density at radius 1 is 1.04 bits per heavy atom. The van der Waals surface area contributed by atoms with Gasteiger partial charge in [0, 0.05) is 36.9 Å². The van der Waals surface area contributed by atoms with E-state index >= 15 is 0 Å². The second-order valence-electron chi connectivity index (χ2n) is 13.8. The molecule has 2 aliphatic heterocycles. The number of aromatic nitrogens is 2. The molecule has 1 unspecified atom stereocenters. The molecule has 2 saturated heterocycles. The number of hydrogen-bond acceptors (Lipinski definition) is 6. The molecule has 2 amide bonds. The number of aryl methyl sites for hydroxylation is 2. The first-order valence-corrected chi connectivity index (χ1v) is 18.5. The standard InChI is InChI=1S/C34H52N6O4S.ClH/c1-6-7-19-40-32(41)29(22-23(2)3)35-33(42)34(40)17-20-39(21-18-34)31(30-24(4)36-37-25(30)5)26-13-15-28(16-14-26)45(43,44)38-27-11-9-8-10-12-27;/h13-16,23,27,29,31,38H,6-12,17-22H2,1-5H3,(H,35,42)(H,36,37);1H/t29-,31?;/m0./s1. The van der Waals surface area contributed by atoms with Crippen LogP contribution in [0, 0.1) is 19.8 Å². The van der Waals surface area contributed by atoms with Gasteiger partial charge in [0.1, 0.15) is 11.6 Å². The zero-order chi connectivity index (χ0) is 32.4. The van der Waals surface area contributed by atoms with Crippen molar-refractivity contribution in [3.63, 3.8) is 0 Å². The number of carbonyl (C=O) groups is 2. The number of H-pyrrole nitrogens is 1. The first-order chi connectivity index (χ1) is 21.5. The largest absolute Gasteiger partial charge is 0.342 e. The second-order valence-corrected chi connectivity index (χ2v) is 15.6. The molecule has 0 radical (unpaired) electrons. The summed E-state index contributed by atoms with van der Waals surface area (Å²) in [7, 11) is -3.62. The molecule has 1 saturated carbocycles. The molecule has 10 nitrogen and oxygen atoms in total. The molecular weight excluding hydrogens is 624 g/mol. The van der Waals surface area contributed by atoms with Crippen molar-refractivity contribution in [2.75, 3.05) is 19.6 Å². The lowest BCUT2D eigenvalue weighted by atomic mass is 9.79. The van der Waals surface area contributed by atoms with Crippen LogP contribution in [0.1, 0.15) is 114 Å². The summed E-state index contributed by atoms with van der Waals surface area (Å²) < 4.78 is 29.4. The van der Waals surface area contributed by atoms with Gasteiger partial charge in [-0.15, -0.1) is 12.4 Å². The topological polar surface area (TPSA) is 128 Å². The maximum absolute atomic E-state index is 13.8. The fraction of sp³-hybridized carbons (Fsp3) is 0.676. The predicted molar refractivity (Wildman–Crippen MR) is 182 cm³/mol. The molecule has 3 N–H and O–H groups in total. The third-order valence-corrected chi connectivity index (χ3v) is 11.7. The lowest BCUT2D eigenvalue weighted by Gasteiger charge is -2.52. The van der Waals surface area contributed by atoms with E-state index in [0.29, 0.717) is 44.8 Å². The van der Waals surface area contributed by atoms with Crippen LogP contribution in [0.25, 0.3) is 0 Å². The zero-order valence-corrected chi connectivity index (χ0v) is 29.7. The quantitative estimate of drug-likeness (QED) is 0.302. The Morgan fingerprint density at radius 2 is 1.70 bits per heavy atom. The van der Waals surface area contributed by atoms with Crippen molar-refractivity contribution in [3.8, 4) is 0 Å². The Kier molecular flexibility index (Phi) is 12.0. The van der Waals surface area contributed by atoms with Crippen LogP contribution in [0.15, 0.2) is 29.2 Å². The van der Waals surface area contributed by atoms with Crippen molar-refractivity contribution in [3.05, 3.63) is 46.8 Å². The van der Waals surface area contributed by atoms with E-state index in [4.69, 9.17) is 0 Å². The number of halogens is 1. The molecule has 12 heteroatoms. The van der Waals surface area contributed by atoms with Crippen LogP contribution in [-0.4, -0.2) is 77.5 Å². The van der Waals surface area contributed by atoms with E-state index in [1.165, 1.54) is 0 Å². The average Bonchev–Trinajstić information content (AvgIpc) is 3.34. The Morgan fingerprint density at radius 3 is 2.26 bits per heavy atom. The van der Waals surface area contributed by atoms with Crippen LogP contribution in [0.2, 0.25) is 0 Å². The Balaban J connectivity index is 0.00000480. The molecule has 3 heterocycles. The van der Waals surface area contributed by atoms with Gasteiger partial charge in [-0.25, -0.2) is 13.1 Å². The maximum Gasteiger partial charge on any atom is 0.246 e. The number of piperazine rings is 1. The van der Waals surface area contributed by atoms with Gasteiger partial charge in [0.25, 0.3) is 0 Å². The van der Waals surface area contributed by atoms with Crippen LogP contribution < -0.4 is 10.0 Å². The molecule has 2 aromatic rings. The smallest absolute Gasteiger partial charge is 0.246 e. The normalized spacial score (nSPS) is 21.8. The summed E-state index contributed by atoms with van der Waals surface area (Å²) in [5.74, 6) is 0.312. The minimum absolute atomic E-state index is 0. The number of nitrogens with zero attached hydrogens (tertiary/aromatic N) is 3. The fourth-order valence-electron chi connectivity index (χ4n) is 7.66. The molecule has 1 spiro atoms. The lowest BCUT2D eigenvalue weighted by molar-refractivity contribution is -0.162. The van der Waals surface area contributed by atoms with E-state index in [2.05, 4.69) is 45.9 Å². The molecule has 3 fully saturated rings. The van der Waals surface area contributed by atoms with Crippen molar-refractivity contribution < 1.29 is 18.0 Å². The van der Waals surface area contributed by atoms with Crippen LogP contribution in [0.5, 0.6) is 0 Å². The number of amides is 2. The molecule has 46 heavy (non-hydrogen) atoms. The number of sulfonamides is 1. The van der Waals surface area contributed by atoms with Crippen molar-refractivity contribution in [1.29, 1.82) is 0 Å². The van der Waals surface area contributed by atoms with Crippen molar-refractivity contribution >= 4 is 34.2 Å². The summed E-state index contributed by atoms with van der Waals surface area (Å²) in [6.45, 7) is 12.1. The maximum atomic E-state index is 13.8. The SMILES string of the molecule is CCCCN1C(=O)[C@H](CC(C)C)NC(=O)C12CCN(C(c1ccc(S(=O)(=O)NC3CCCCC3)cc1)c1c(C)n[nH]c1C)CC2.Cl. The fourth-order valence-corrected chi connectivity index (χ4v) is 8.96. The number of benzene rings is 1. The van der Waals surface area contributed by atoms with Crippen molar-refractivity contribution in [2.24, 2.45) is 5.92 Å². The van der Waals surface area contributed by atoms with E-state index < -0.39 is 21.6 Å². The molecule has 0 bridgehead atoms. The van der Waals surface area contributed by atoms with Gasteiger partial charge in [-0.1, -0.05) is 58.6 Å². The first kappa shape index (κ1) is 36.4. The van der Waals surface area contributed by atoms with Gasteiger partial charge in [-0.2, -0.15) is 5.10 Å². The zero-order valence-electron chi connectivity index (χ0n) is 28.1. The average molecular weight is 677 g/mol. The van der Waals surface area contributed by atoms with E-state index in [0.717, 1.165) is 67.5 Å². The number of nitrogens with one attached hydrogen (secondary N) is 3. The highest BCUT2D eigenvalue weighted by Crippen LogP contribution is 2.40. The van der Waals surface area contributed by atoms with Gasteiger partial charge in [0.15, 0.2) is 0 Å². The number of carbonyl (C=O) groups excluding carboxylic acids is 2.